The van der Waals surface area contributed by atoms with Crippen LogP contribution in [0.2, 0.25) is 6.04 Å². The minimum absolute atomic E-state index is 0.675. The van der Waals surface area contributed by atoms with Gasteiger partial charge < -0.3 is 4.74 Å². The van der Waals surface area contributed by atoms with Gasteiger partial charge in [0.05, 0.1) is 6.61 Å². The zero-order valence-electron chi connectivity index (χ0n) is 8.33. The maximum atomic E-state index is 5.52. The maximum absolute atomic E-state index is 5.52. The molecule has 0 aliphatic rings. The molecule has 1 nitrogen and oxygen atoms in total. The summed E-state index contributed by atoms with van der Waals surface area (Å²) in [4.78, 5) is 0. The van der Waals surface area contributed by atoms with Crippen LogP contribution >= 0.6 is 0 Å². The second-order valence-corrected chi connectivity index (χ2v) is 3.56. The summed E-state index contributed by atoms with van der Waals surface area (Å²) in [6.07, 6.45) is 2.91. The Hall–Kier alpha value is -0.863. The molecule has 0 unspecified atom stereocenters. The monoisotopic (exact) mass is 203 g/mol. The molecule has 1 rings (SSSR count). The number of hydrogen-bond acceptors (Lipinski definition) is 1. The van der Waals surface area contributed by atoms with Crippen LogP contribution in [0.5, 0.6) is 0 Å². The maximum Gasteiger partial charge on any atom is 0.0722 e. The van der Waals surface area contributed by atoms with Crippen molar-refractivity contribution in [1.82, 2.24) is 0 Å². The van der Waals surface area contributed by atoms with E-state index in [4.69, 9.17) is 4.74 Å². The molecule has 1 aromatic rings. The highest BCUT2D eigenvalue weighted by atomic mass is 28.1. The Morgan fingerprint density at radius 1 is 1.36 bits per heavy atom. The molecule has 0 bridgehead atoms. The lowest BCUT2D eigenvalue weighted by Crippen LogP contribution is -1.96. The van der Waals surface area contributed by atoms with Crippen LogP contribution in [0.3, 0.4) is 0 Å². The smallest absolute Gasteiger partial charge is 0.0722 e. The molecule has 0 aromatic heterocycles. The van der Waals surface area contributed by atoms with E-state index in [1.807, 2.05) is 18.2 Å². The van der Waals surface area contributed by atoms with E-state index >= 15 is 0 Å². The second-order valence-electron chi connectivity index (χ2n) is 3.06. The fourth-order valence-corrected chi connectivity index (χ4v) is 1.37. The van der Waals surface area contributed by atoms with Gasteiger partial charge in [0.2, 0.25) is 0 Å². The van der Waals surface area contributed by atoms with Crippen LogP contribution in [-0.2, 0) is 11.3 Å². The normalized spacial score (nSPS) is 10.1. The van der Waals surface area contributed by atoms with Gasteiger partial charge in [-0.15, -0.1) is 0 Å². The molecule has 3 radical (unpaired) electrons. The summed E-state index contributed by atoms with van der Waals surface area (Å²) in [5.41, 5.74) is 2.36. The first-order valence-corrected chi connectivity index (χ1v) is 5.52. The SMILES string of the molecule is C=Cc1ccccc1COCCC[Si]. The first kappa shape index (κ1) is 11.2. The molecule has 73 valence electrons. The third kappa shape index (κ3) is 3.48. The van der Waals surface area contributed by atoms with Gasteiger partial charge in [-0.25, -0.2) is 0 Å². The van der Waals surface area contributed by atoms with Gasteiger partial charge in [0.15, 0.2) is 0 Å². The van der Waals surface area contributed by atoms with Crippen molar-refractivity contribution in [2.75, 3.05) is 6.61 Å². The Labute approximate surface area is 89.2 Å². The van der Waals surface area contributed by atoms with Crippen molar-refractivity contribution in [3.05, 3.63) is 42.0 Å². The second kappa shape index (κ2) is 6.57. The molecule has 2 heteroatoms. The van der Waals surface area contributed by atoms with Crippen LogP contribution in [0.25, 0.3) is 6.08 Å². The minimum atomic E-state index is 0.675. The van der Waals surface area contributed by atoms with E-state index in [9.17, 15) is 0 Å². The third-order valence-corrected chi connectivity index (χ3v) is 2.35. The highest BCUT2D eigenvalue weighted by Gasteiger charge is 1.97. The first-order valence-electron chi connectivity index (χ1n) is 4.81. The summed E-state index contributed by atoms with van der Waals surface area (Å²) in [6.45, 7) is 5.25. The molecule has 0 aliphatic carbocycles. The van der Waals surface area contributed by atoms with Crippen LogP contribution in [-0.4, -0.2) is 16.8 Å². The molecule has 0 amide bonds. The molecular weight excluding hydrogens is 188 g/mol. The lowest BCUT2D eigenvalue weighted by Gasteiger charge is -2.06. The number of ether oxygens (including phenoxy) is 1. The summed E-state index contributed by atoms with van der Waals surface area (Å²) in [5.74, 6) is 0. The van der Waals surface area contributed by atoms with Crippen LogP contribution in [0.15, 0.2) is 30.8 Å². The molecule has 14 heavy (non-hydrogen) atoms. The van der Waals surface area contributed by atoms with Crippen LogP contribution in [0, 0.1) is 0 Å². The van der Waals surface area contributed by atoms with Gasteiger partial charge in [0.1, 0.15) is 0 Å². The van der Waals surface area contributed by atoms with Gasteiger partial charge in [-0.2, -0.15) is 0 Å². The van der Waals surface area contributed by atoms with E-state index in [1.165, 1.54) is 5.56 Å². The highest BCUT2D eigenvalue weighted by Crippen LogP contribution is 2.11. The quantitative estimate of drug-likeness (QED) is 0.510. The van der Waals surface area contributed by atoms with Crippen molar-refractivity contribution in [2.24, 2.45) is 0 Å². The van der Waals surface area contributed by atoms with Crippen molar-refractivity contribution in [3.8, 4) is 0 Å². The first-order chi connectivity index (χ1) is 6.88. The van der Waals surface area contributed by atoms with Crippen molar-refractivity contribution in [1.29, 1.82) is 0 Å². The van der Waals surface area contributed by atoms with Gasteiger partial charge in [0, 0.05) is 16.8 Å². The van der Waals surface area contributed by atoms with Crippen LogP contribution in [0.4, 0.5) is 0 Å². The Kier molecular flexibility index (Phi) is 5.26. The molecule has 1 aromatic carbocycles. The molecule has 0 spiro atoms. The zero-order valence-corrected chi connectivity index (χ0v) is 9.33. The van der Waals surface area contributed by atoms with E-state index in [1.54, 1.807) is 0 Å². The molecule has 0 saturated heterocycles. The Bertz CT molecular complexity index is 283. The van der Waals surface area contributed by atoms with Gasteiger partial charge >= 0.3 is 0 Å². The van der Waals surface area contributed by atoms with Crippen molar-refractivity contribution in [2.45, 2.75) is 19.1 Å². The summed E-state index contributed by atoms with van der Waals surface area (Å²) in [6, 6.07) is 9.15. The Morgan fingerprint density at radius 3 is 2.86 bits per heavy atom. The predicted octanol–water partition coefficient (Wildman–Crippen LogP) is 2.82. The van der Waals surface area contributed by atoms with E-state index in [2.05, 4.69) is 29.0 Å². The zero-order chi connectivity index (χ0) is 10.2. The molecular formula is C12H15OSi. The van der Waals surface area contributed by atoms with E-state index in [-0.39, 0.29) is 0 Å². The van der Waals surface area contributed by atoms with Gasteiger partial charge in [-0.1, -0.05) is 43.0 Å². The van der Waals surface area contributed by atoms with Crippen molar-refractivity contribution < 1.29 is 4.74 Å². The Morgan fingerprint density at radius 2 is 2.14 bits per heavy atom. The van der Waals surface area contributed by atoms with E-state index in [0.717, 1.165) is 24.6 Å². The average molecular weight is 203 g/mol. The van der Waals surface area contributed by atoms with Crippen LogP contribution < -0.4 is 0 Å². The summed E-state index contributed by atoms with van der Waals surface area (Å²) < 4.78 is 5.52. The lowest BCUT2D eigenvalue weighted by molar-refractivity contribution is 0.121. The van der Waals surface area contributed by atoms with Gasteiger partial charge in [-0.05, 0) is 17.5 Å². The highest BCUT2D eigenvalue weighted by molar-refractivity contribution is 6.08. The number of benzene rings is 1. The molecule has 0 heterocycles. The topological polar surface area (TPSA) is 9.23 Å². The van der Waals surface area contributed by atoms with E-state index in [0.29, 0.717) is 6.61 Å². The molecule has 0 N–H and O–H groups in total. The Balaban J connectivity index is 2.45. The fourth-order valence-electron chi connectivity index (χ4n) is 1.22. The van der Waals surface area contributed by atoms with Gasteiger partial charge in [-0.3, -0.25) is 0 Å². The molecule has 0 aliphatic heterocycles. The van der Waals surface area contributed by atoms with Crippen molar-refractivity contribution >= 4 is 16.3 Å². The third-order valence-electron chi connectivity index (χ3n) is 2.00. The number of hydrogen-bond donors (Lipinski definition) is 0. The summed E-state index contributed by atoms with van der Waals surface area (Å²) in [7, 11) is 3.41. The van der Waals surface area contributed by atoms with Crippen LogP contribution in [0.1, 0.15) is 17.5 Å². The van der Waals surface area contributed by atoms with Gasteiger partial charge in [0.25, 0.3) is 0 Å². The fraction of sp³-hybridized carbons (Fsp3) is 0.333. The average Bonchev–Trinajstić information content (AvgIpc) is 2.25. The molecule has 0 saturated carbocycles. The summed E-state index contributed by atoms with van der Waals surface area (Å²) >= 11 is 0. The van der Waals surface area contributed by atoms with Crippen molar-refractivity contribution in [3.63, 3.8) is 0 Å². The minimum Gasteiger partial charge on any atom is -0.377 e. The largest absolute Gasteiger partial charge is 0.377 e. The standard InChI is InChI=1S/C12H15OSi/c1-2-11-6-3-4-7-12(11)10-13-8-5-9-14/h2-4,6-7H,1,5,8-10H2. The molecule has 0 atom stereocenters. The van der Waals surface area contributed by atoms with E-state index < -0.39 is 0 Å². The lowest BCUT2D eigenvalue weighted by atomic mass is 10.1. The number of rotatable bonds is 6. The predicted molar refractivity (Wildman–Crippen MR) is 61.4 cm³/mol. The summed E-state index contributed by atoms with van der Waals surface area (Å²) in [5, 5.41) is 0. The molecule has 0 fully saturated rings.